The summed E-state index contributed by atoms with van der Waals surface area (Å²) in [5, 5.41) is 4.72. The molecule has 2 heterocycles. The van der Waals surface area contributed by atoms with E-state index in [1.54, 1.807) is 24.5 Å². The maximum absolute atomic E-state index is 5.98. The molecular formula is C13H17ClN4OS. The molecule has 0 aromatic carbocycles. The summed E-state index contributed by atoms with van der Waals surface area (Å²) in [6.07, 6.45) is 2.92. The number of aryl methyl sites for hydroxylation is 1. The maximum atomic E-state index is 5.98. The fraction of sp³-hybridized carbons (Fsp3) is 0.462. The van der Waals surface area contributed by atoms with Crippen LogP contribution in [-0.4, -0.2) is 22.1 Å². The highest BCUT2D eigenvalue weighted by Gasteiger charge is 2.12. The number of aromatic nitrogens is 3. The second kappa shape index (κ2) is 6.97. The second-order valence-corrected chi connectivity index (χ2v) is 5.84. The number of halogens is 1. The van der Waals surface area contributed by atoms with Gasteiger partial charge in [-0.2, -0.15) is 0 Å². The first-order chi connectivity index (χ1) is 9.62. The molecule has 0 spiro atoms. The highest BCUT2D eigenvalue weighted by molar-refractivity contribution is 7.11. The van der Waals surface area contributed by atoms with Gasteiger partial charge >= 0.3 is 0 Å². The third kappa shape index (κ3) is 3.88. The van der Waals surface area contributed by atoms with Gasteiger partial charge in [0.15, 0.2) is 5.82 Å². The van der Waals surface area contributed by atoms with Gasteiger partial charge in [0.25, 0.3) is 0 Å². The average Bonchev–Trinajstić information content (AvgIpc) is 2.87. The number of thiazole rings is 1. The Morgan fingerprint density at radius 2 is 2.25 bits per heavy atom. The molecule has 2 rings (SSSR count). The molecule has 0 saturated heterocycles. The monoisotopic (exact) mass is 312 g/mol. The normalized spacial score (nSPS) is 12.4. The minimum Gasteiger partial charge on any atom is -0.377 e. The van der Waals surface area contributed by atoms with Crippen molar-refractivity contribution in [3.8, 4) is 0 Å². The predicted octanol–water partition coefficient (Wildman–Crippen LogP) is 3.47. The van der Waals surface area contributed by atoms with Crippen LogP contribution in [0, 0.1) is 0 Å². The van der Waals surface area contributed by atoms with E-state index in [4.69, 9.17) is 16.3 Å². The lowest BCUT2D eigenvalue weighted by atomic mass is 10.3. The van der Waals surface area contributed by atoms with Gasteiger partial charge in [0.2, 0.25) is 0 Å². The first-order valence-corrected chi connectivity index (χ1v) is 7.55. The van der Waals surface area contributed by atoms with E-state index in [1.165, 1.54) is 4.88 Å². The lowest BCUT2D eigenvalue weighted by Gasteiger charge is -2.12. The summed E-state index contributed by atoms with van der Waals surface area (Å²) >= 11 is 7.69. The van der Waals surface area contributed by atoms with E-state index < -0.39 is 0 Å². The number of ether oxygens (including phenoxy) is 1. The molecule has 0 saturated carbocycles. The fourth-order valence-electron chi connectivity index (χ4n) is 1.70. The second-order valence-electron chi connectivity index (χ2n) is 4.31. The Morgan fingerprint density at radius 3 is 2.90 bits per heavy atom. The van der Waals surface area contributed by atoms with E-state index in [0.29, 0.717) is 23.4 Å². The van der Waals surface area contributed by atoms with Crippen LogP contribution in [0.15, 0.2) is 12.3 Å². The SMILES string of the molecule is CCc1cnc(C(C)Nc2cc(Cl)nc(COC)n2)s1. The van der Waals surface area contributed by atoms with Crippen molar-refractivity contribution in [3.05, 3.63) is 33.1 Å². The van der Waals surface area contributed by atoms with Crippen molar-refractivity contribution in [1.82, 2.24) is 15.0 Å². The van der Waals surface area contributed by atoms with Crippen molar-refractivity contribution < 1.29 is 4.74 Å². The summed E-state index contributed by atoms with van der Waals surface area (Å²) in [6.45, 7) is 4.50. The summed E-state index contributed by atoms with van der Waals surface area (Å²) in [5.41, 5.74) is 0. The Morgan fingerprint density at radius 1 is 1.45 bits per heavy atom. The zero-order valence-electron chi connectivity index (χ0n) is 11.7. The Labute approximate surface area is 127 Å². The summed E-state index contributed by atoms with van der Waals surface area (Å²) in [4.78, 5) is 14.2. The van der Waals surface area contributed by atoms with Gasteiger partial charge in [0.05, 0.1) is 6.04 Å². The first kappa shape index (κ1) is 15.2. The lowest BCUT2D eigenvalue weighted by molar-refractivity contribution is 0.178. The van der Waals surface area contributed by atoms with E-state index in [0.717, 1.165) is 11.4 Å². The number of hydrogen-bond acceptors (Lipinski definition) is 6. The highest BCUT2D eigenvalue weighted by Crippen LogP contribution is 2.24. The van der Waals surface area contributed by atoms with E-state index in [2.05, 4.69) is 27.2 Å². The molecule has 0 radical (unpaired) electrons. The zero-order chi connectivity index (χ0) is 14.5. The molecule has 0 aliphatic heterocycles. The molecular weight excluding hydrogens is 296 g/mol. The standard InChI is InChI=1S/C13H17ClN4OS/c1-4-9-6-15-13(20-9)8(2)16-11-5-10(14)17-12(18-11)7-19-3/h5-6,8H,4,7H2,1-3H3,(H,16,17,18). The van der Waals surface area contributed by atoms with Gasteiger partial charge in [-0.25, -0.2) is 15.0 Å². The summed E-state index contributed by atoms with van der Waals surface area (Å²) in [7, 11) is 1.60. The lowest BCUT2D eigenvalue weighted by Crippen LogP contribution is -2.09. The largest absolute Gasteiger partial charge is 0.377 e. The van der Waals surface area contributed by atoms with Gasteiger partial charge in [-0.1, -0.05) is 18.5 Å². The van der Waals surface area contributed by atoms with Crippen LogP contribution in [0.1, 0.15) is 35.6 Å². The number of nitrogens with one attached hydrogen (secondary N) is 1. The molecule has 2 aromatic heterocycles. The van der Waals surface area contributed by atoms with E-state index in [-0.39, 0.29) is 6.04 Å². The Kier molecular flexibility index (Phi) is 5.28. The molecule has 1 N–H and O–H groups in total. The van der Waals surface area contributed by atoms with Crippen LogP contribution in [0.2, 0.25) is 5.15 Å². The molecule has 1 unspecified atom stereocenters. The van der Waals surface area contributed by atoms with Crippen LogP contribution >= 0.6 is 22.9 Å². The average molecular weight is 313 g/mol. The number of anilines is 1. The van der Waals surface area contributed by atoms with E-state index >= 15 is 0 Å². The number of rotatable bonds is 6. The van der Waals surface area contributed by atoms with Crippen LogP contribution in [0.25, 0.3) is 0 Å². The number of hydrogen-bond donors (Lipinski definition) is 1. The fourth-order valence-corrected chi connectivity index (χ4v) is 2.76. The number of methoxy groups -OCH3 is 1. The molecule has 0 bridgehead atoms. The minimum atomic E-state index is 0.0710. The van der Waals surface area contributed by atoms with Gasteiger partial charge in [-0.15, -0.1) is 11.3 Å². The molecule has 7 heteroatoms. The molecule has 0 fully saturated rings. The van der Waals surface area contributed by atoms with Gasteiger partial charge < -0.3 is 10.1 Å². The van der Waals surface area contributed by atoms with Gasteiger partial charge in [0.1, 0.15) is 22.6 Å². The van der Waals surface area contributed by atoms with Crippen molar-refractivity contribution in [2.24, 2.45) is 0 Å². The van der Waals surface area contributed by atoms with E-state index in [1.807, 2.05) is 13.1 Å². The van der Waals surface area contributed by atoms with Gasteiger partial charge in [-0.05, 0) is 13.3 Å². The zero-order valence-corrected chi connectivity index (χ0v) is 13.3. The van der Waals surface area contributed by atoms with Gasteiger partial charge in [0, 0.05) is 24.3 Å². The highest BCUT2D eigenvalue weighted by atomic mass is 35.5. The Bertz CT molecular complexity index is 575. The third-order valence-electron chi connectivity index (χ3n) is 2.67. The molecule has 2 aromatic rings. The number of nitrogens with zero attached hydrogens (tertiary/aromatic N) is 3. The van der Waals surface area contributed by atoms with Crippen LogP contribution in [-0.2, 0) is 17.8 Å². The molecule has 1 atom stereocenters. The smallest absolute Gasteiger partial charge is 0.158 e. The first-order valence-electron chi connectivity index (χ1n) is 6.36. The Hall–Kier alpha value is -1.24. The third-order valence-corrected chi connectivity index (χ3v) is 4.19. The topological polar surface area (TPSA) is 59.9 Å². The maximum Gasteiger partial charge on any atom is 0.158 e. The van der Waals surface area contributed by atoms with Crippen molar-refractivity contribution in [1.29, 1.82) is 0 Å². The van der Waals surface area contributed by atoms with Crippen molar-refractivity contribution >= 4 is 28.8 Å². The van der Waals surface area contributed by atoms with Crippen LogP contribution in [0.5, 0.6) is 0 Å². The van der Waals surface area contributed by atoms with Crippen LogP contribution in [0.3, 0.4) is 0 Å². The quantitative estimate of drug-likeness (QED) is 0.828. The van der Waals surface area contributed by atoms with Gasteiger partial charge in [-0.3, -0.25) is 0 Å². The molecule has 5 nitrogen and oxygen atoms in total. The molecule has 0 aliphatic rings. The van der Waals surface area contributed by atoms with E-state index in [9.17, 15) is 0 Å². The Balaban J connectivity index is 2.12. The summed E-state index contributed by atoms with van der Waals surface area (Å²) in [5.74, 6) is 1.24. The molecule has 108 valence electrons. The molecule has 0 amide bonds. The predicted molar refractivity (Wildman–Crippen MR) is 81.3 cm³/mol. The van der Waals surface area contributed by atoms with Crippen LogP contribution < -0.4 is 5.32 Å². The van der Waals surface area contributed by atoms with Crippen molar-refractivity contribution in [2.45, 2.75) is 32.9 Å². The summed E-state index contributed by atoms with van der Waals surface area (Å²) in [6, 6.07) is 1.77. The van der Waals surface area contributed by atoms with Crippen LogP contribution in [0.4, 0.5) is 5.82 Å². The molecule has 20 heavy (non-hydrogen) atoms. The van der Waals surface area contributed by atoms with Crippen molar-refractivity contribution in [3.63, 3.8) is 0 Å². The molecule has 0 aliphatic carbocycles. The minimum absolute atomic E-state index is 0.0710. The summed E-state index contributed by atoms with van der Waals surface area (Å²) < 4.78 is 5.02. The van der Waals surface area contributed by atoms with Crippen molar-refractivity contribution in [2.75, 3.05) is 12.4 Å².